The molecule has 2 aliphatic heterocycles. The number of amides is 12. The number of hydrogen-bond donors (Lipinski definition) is 16. The Bertz CT molecular complexity index is 4470. The molecule has 2 fully saturated rings. The standard InChI is InChI=1S/C94H141N15O19S4/c1-15-57(6)81(76(126-13)50-77(113)109-43-29-40-75(109)83(127-14)58(7)84(115)98-59(8)82(114)64-35-23-18-24-36-64)107(11)93(124)78(55(2)3)105-92(123)80(56(4)5)108(12)94(125)128-44-46-130-129-45-30-42-96-69(47-62-31-19-16-20-32-62)86(117)103-73-53-131-132-54-74(90(121)102-72(52-110)60(9)111)104-91(122)79(61(10)112)106-85(116)68(39-27-28-41-95)99-88(119)71(49-65-51-97-67-38-26-25-37-66(65)67)101-87(118)70(100-89(73)120)48-63-33-21-17-22-34-63/h16-26,31-38,51,55-61,68-76,78-83,96-97,110-112,114H,15,27-30,39-50,52-54,95H2,1-14H3,(H,98,115)(H,99,119)(H,100,120)(H,101,118)(H,102,121)(H,103,117)(H,104,122)(H,105,123)(H,106,116)/t57-,58+,59+,60+,61+,68-,69+,70-,71+,72+,73-,74-,75-,76+,78-,79-,80-,81-,82+,83+/m0/s1. The average molecular weight is 1910 g/mol. The molecular weight excluding hydrogens is 1770 g/mol. The largest absolute Gasteiger partial charge is 0.448 e. The van der Waals surface area contributed by atoms with Gasteiger partial charge in [-0.1, -0.05) is 207 Å². The number of H-pyrrole nitrogens is 1. The highest BCUT2D eigenvalue weighted by atomic mass is 33.1. The topological polar surface area (TPSA) is 485 Å². The molecule has 17 N–H and O–H groups in total. The molecule has 132 heavy (non-hydrogen) atoms. The SMILES string of the molecule is CC[C@H](C)[C@@H]([C@@H](CC(=O)N1CCC[C@H]1[C@H](OC)[C@@H](C)C(=O)N[C@H](C)[C@@H](O)c1ccccc1)OC)N(C)C(=O)[C@@H](NC(=O)[C@H](C(C)C)N(C)C(=O)OCCSSCCCN[C@H](Cc1ccccc1)C(=O)N[C@H]1CSSC[C@@H](C(=O)N[C@H](CO)[C@@H](C)O)NC(=O)[C@H]([C@@H](C)O)NC(=O)[C@H](CCCCN)NC(=O)[C@@H](Cc2c[nH]c3ccccc23)NC(=O)[C@H](Cc2ccccc2)NC1=O)C(C)C. The number of fused-ring (bicyclic) bond motifs is 1. The molecule has 12 amide bonds. The van der Waals surface area contributed by atoms with Crippen molar-refractivity contribution in [2.45, 2.75) is 249 Å². The van der Waals surface area contributed by atoms with Crippen molar-refractivity contribution in [1.82, 2.24) is 72.9 Å². The van der Waals surface area contributed by atoms with E-state index in [1.807, 2.05) is 100 Å². The Balaban J connectivity index is 1.01. The summed E-state index contributed by atoms with van der Waals surface area (Å²) < 4.78 is 17.9. The van der Waals surface area contributed by atoms with Crippen LogP contribution in [0.4, 0.5) is 4.79 Å². The van der Waals surface area contributed by atoms with Gasteiger partial charge < -0.3 is 108 Å². The number of methoxy groups -OCH3 is 2. The fourth-order valence-electron chi connectivity index (χ4n) is 16.3. The van der Waals surface area contributed by atoms with Gasteiger partial charge in [-0.05, 0) is 125 Å². The molecule has 2 aliphatic rings. The normalized spacial score (nSPS) is 21.0. The van der Waals surface area contributed by atoms with Gasteiger partial charge in [-0.3, -0.25) is 57.6 Å². The Kier molecular flexibility index (Phi) is 46.9. The van der Waals surface area contributed by atoms with Crippen LogP contribution in [0, 0.1) is 23.7 Å². The van der Waals surface area contributed by atoms with Crippen LogP contribution in [0.25, 0.3) is 10.9 Å². The number of benzene rings is 4. The molecule has 0 aliphatic carbocycles. The first-order chi connectivity index (χ1) is 63.1. The van der Waals surface area contributed by atoms with Crippen molar-refractivity contribution < 1.29 is 92.2 Å². The molecule has 0 saturated carbocycles. The molecule has 5 aromatic rings. The zero-order valence-corrected chi connectivity index (χ0v) is 81.6. The lowest BCUT2D eigenvalue weighted by molar-refractivity contribution is -0.148. The molecule has 0 unspecified atom stereocenters. The molecular formula is C94H141N15O19S4. The van der Waals surface area contributed by atoms with Gasteiger partial charge >= 0.3 is 6.09 Å². The average Bonchev–Trinajstić information content (AvgIpc) is 1.79. The van der Waals surface area contributed by atoms with Crippen molar-refractivity contribution in [2.75, 3.05) is 84.2 Å². The summed E-state index contributed by atoms with van der Waals surface area (Å²) in [6.45, 7) is 17.4. The number of carbonyl (C=O) groups excluding carboxylic acids is 12. The Labute approximate surface area is 791 Å². The fourth-order valence-corrected chi connectivity index (χ4v) is 20.6. The lowest BCUT2D eigenvalue weighted by Gasteiger charge is -2.41. The second kappa shape index (κ2) is 56.3. The van der Waals surface area contributed by atoms with Gasteiger partial charge in [0.1, 0.15) is 54.9 Å². The Morgan fingerprint density at radius 2 is 1.27 bits per heavy atom. The number of nitrogens with one attached hydrogen (secondary N) is 11. The first kappa shape index (κ1) is 110. The number of aliphatic hydroxyl groups excluding tert-OH is 4. The number of nitrogens with two attached hydrogens (primary N) is 1. The summed E-state index contributed by atoms with van der Waals surface area (Å²) in [5.41, 5.74) is 9.29. The van der Waals surface area contributed by atoms with Crippen molar-refractivity contribution >= 4 is 125 Å². The minimum Gasteiger partial charge on any atom is -0.448 e. The predicted molar refractivity (Wildman–Crippen MR) is 515 cm³/mol. The lowest BCUT2D eigenvalue weighted by atomic mass is 9.89. The maximum absolute atomic E-state index is 15.3. The zero-order chi connectivity index (χ0) is 96.8. The number of aromatic nitrogens is 1. The number of carbonyl (C=O) groups is 12. The number of nitrogens with zero attached hydrogens (tertiary/aromatic N) is 3. The van der Waals surface area contributed by atoms with Crippen LogP contribution in [0.2, 0.25) is 0 Å². The molecule has 2 saturated heterocycles. The van der Waals surface area contributed by atoms with E-state index in [1.54, 1.807) is 93.2 Å². The van der Waals surface area contributed by atoms with Gasteiger partial charge in [-0.15, -0.1) is 0 Å². The van der Waals surface area contributed by atoms with E-state index >= 15 is 19.2 Å². The predicted octanol–water partition coefficient (Wildman–Crippen LogP) is 4.99. The van der Waals surface area contributed by atoms with E-state index in [9.17, 15) is 58.8 Å². The number of likely N-dealkylation sites (N-methyl/N-ethyl adjacent to an activating group) is 2. The van der Waals surface area contributed by atoms with E-state index in [-0.39, 0.29) is 74.5 Å². The molecule has 3 heterocycles. The molecule has 730 valence electrons. The Hall–Kier alpha value is -9.06. The van der Waals surface area contributed by atoms with E-state index < -0.39 is 193 Å². The van der Waals surface area contributed by atoms with Gasteiger partial charge in [-0.2, -0.15) is 0 Å². The molecule has 0 radical (unpaired) electrons. The maximum atomic E-state index is 15.3. The van der Waals surface area contributed by atoms with Crippen LogP contribution in [0.3, 0.4) is 0 Å². The summed E-state index contributed by atoms with van der Waals surface area (Å²) in [4.78, 5) is 183. The van der Waals surface area contributed by atoms with Gasteiger partial charge in [0.25, 0.3) is 0 Å². The summed E-state index contributed by atoms with van der Waals surface area (Å²) in [7, 11) is 11.1. The summed E-state index contributed by atoms with van der Waals surface area (Å²) >= 11 is 0. The third kappa shape index (κ3) is 33.2. The van der Waals surface area contributed by atoms with E-state index in [4.69, 9.17) is 19.9 Å². The van der Waals surface area contributed by atoms with Crippen molar-refractivity contribution in [3.05, 3.63) is 144 Å². The summed E-state index contributed by atoms with van der Waals surface area (Å²) in [6, 6.07) is 19.5. The van der Waals surface area contributed by atoms with E-state index in [2.05, 4.69) is 58.2 Å². The highest BCUT2D eigenvalue weighted by molar-refractivity contribution is 8.77. The van der Waals surface area contributed by atoms with Crippen LogP contribution >= 0.6 is 43.2 Å². The number of para-hydroxylation sites is 1. The number of rotatable bonds is 46. The summed E-state index contributed by atoms with van der Waals surface area (Å²) in [5.74, 6) is -8.70. The van der Waals surface area contributed by atoms with Crippen molar-refractivity contribution in [3.8, 4) is 0 Å². The maximum Gasteiger partial charge on any atom is 0.410 e. The number of aliphatic hydroxyl groups is 4. The molecule has 20 atom stereocenters. The molecule has 0 bridgehead atoms. The molecule has 4 aromatic carbocycles. The first-order valence-electron chi connectivity index (χ1n) is 45.6. The number of likely N-dealkylation sites (tertiary alicyclic amines) is 1. The fraction of sp³-hybridized carbons (Fsp3) is 0.596. The third-order valence-electron chi connectivity index (χ3n) is 24.2. The van der Waals surface area contributed by atoms with Crippen LogP contribution in [-0.2, 0) is 86.2 Å². The van der Waals surface area contributed by atoms with Crippen LogP contribution < -0.4 is 58.9 Å². The molecule has 1 aromatic heterocycles. The second-order valence-electron chi connectivity index (χ2n) is 34.8. The van der Waals surface area contributed by atoms with Gasteiger partial charge in [0.2, 0.25) is 65.0 Å². The quantitative estimate of drug-likeness (QED) is 0.0180. The zero-order valence-electron chi connectivity index (χ0n) is 78.4. The van der Waals surface area contributed by atoms with E-state index in [0.29, 0.717) is 79.8 Å². The van der Waals surface area contributed by atoms with Gasteiger partial charge in [-0.25, -0.2) is 4.79 Å². The van der Waals surface area contributed by atoms with E-state index in [1.165, 1.54) is 61.6 Å². The molecule has 7 rings (SSSR count). The Morgan fingerprint density at radius 3 is 1.89 bits per heavy atom. The minimum atomic E-state index is -1.72. The van der Waals surface area contributed by atoms with Gasteiger partial charge in [0, 0.05) is 87.8 Å². The minimum absolute atomic E-state index is 0.00893. The highest BCUT2D eigenvalue weighted by Crippen LogP contribution is 2.32. The van der Waals surface area contributed by atoms with Gasteiger partial charge in [0.05, 0.1) is 79.7 Å². The van der Waals surface area contributed by atoms with Crippen molar-refractivity contribution in [3.63, 3.8) is 0 Å². The summed E-state index contributed by atoms with van der Waals surface area (Å²) in [5, 5.41) is 72.1. The van der Waals surface area contributed by atoms with Crippen molar-refractivity contribution in [1.29, 1.82) is 0 Å². The number of hydrogen-bond acceptors (Lipinski definition) is 25. The third-order valence-corrected chi connectivity index (χ3v) is 29.0. The lowest BCUT2D eigenvalue weighted by Crippen LogP contribution is -2.62. The number of unbranched alkanes of at least 4 members (excludes halogenated alkanes) is 1. The Morgan fingerprint density at radius 1 is 0.652 bits per heavy atom. The van der Waals surface area contributed by atoms with Crippen LogP contribution in [-0.4, -0.2) is 298 Å². The number of ether oxygens (including phenoxy) is 3. The summed E-state index contributed by atoms with van der Waals surface area (Å²) in [6.07, 6.45) is -1.40. The highest BCUT2D eigenvalue weighted by Gasteiger charge is 2.46. The monoisotopic (exact) mass is 1910 g/mol. The van der Waals surface area contributed by atoms with Crippen LogP contribution in [0.15, 0.2) is 121 Å². The number of aromatic amines is 1. The van der Waals surface area contributed by atoms with Crippen LogP contribution in [0.1, 0.15) is 149 Å². The van der Waals surface area contributed by atoms with E-state index in [0.717, 1.165) is 38.1 Å². The molecule has 38 heteroatoms. The van der Waals surface area contributed by atoms with Crippen LogP contribution in [0.5, 0.6) is 0 Å². The molecule has 0 spiro atoms. The van der Waals surface area contributed by atoms with Crippen molar-refractivity contribution in [2.24, 2.45) is 29.4 Å². The molecule has 34 nitrogen and oxygen atoms in total. The second-order valence-corrected chi connectivity index (χ2v) is 40.0. The smallest absolute Gasteiger partial charge is 0.410 e. The van der Waals surface area contributed by atoms with Gasteiger partial charge in [0.15, 0.2) is 0 Å². The first-order valence-corrected chi connectivity index (χ1v) is 50.6.